The number of rotatable bonds is 7. The monoisotopic (exact) mass is 328 g/mol. The van der Waals surface area contributed by atoms with Gasteiger partial charge in [0.05, 0.1) is 0 Å². The summed E-state index contributed by atoms with van der Waals surface area (Å²) in [7, 11) is 0. The van der Waals surface area contributed by atoms with E-state index in [9.17, 15) is 4.79 Å². The molecule has 0 aromatic heterocycles. The fourth-order valence-electron chi connectivity index (χ4n) is 1.75. The van der Waals surface area contributed by atoms with Crippen molar-refractivity contribution >= 4 is 21.8 Å². The maximum Gasteiger partial charge on any atom is 0.258 e. The van der Waals surface area contributed by atoms with E-state index >= 15 is 0 Å². The van der Waals surface area contributed by atoms with E-state index < -0.39 is 12.0 Å². The normalized spacial score (nSPS) is 13.9. The molecule has 0 aliphatic carbocycles. The Morgan fingerprint density at radius 3 is 2.58 bits per heavy atom. The van der Waals surface area contributed by atoms with E-state index in [0.717, 1.165) is 16.5 Å². The smallest absolute Gasteiger partial charge is 0.258 e. The predicted molar refractivity (Wildman–Crippen MR) is 80.0 cm³/mol. The number of carbonyl (C=O) groups excluding carboxylic acids is 1. The molecule has 1 aromatic carbocycles. The van der Waals surface area contributed by atoms with Crippen molar-refractivity contribution in [3.63, 3.8) is 0 Å². The highest BCUT2D eigenvalue weighted by Gasteiger charge is 2.17. The molecule has 19 heavy (non-hydrogen) atoms. The molecule has 5 heteroatoms. The summed E-state index contributed by atoms with van der Waals surface area (Å²) in [6, 6.07) is 5.76. The zero-order chi connectivity index (χ0) is 14.4. The molecule has 0 aliphatic rings. The minimum absolute atomic E-state index is 0.0744. The molecular formula is C14H21BrN2O2. The van der Waals surface area contributed by atoms with Crippen molar-refractivity contribution in [3.8, 4) is 5.75 Å². The molecule has 1 amide bonds. The Bertz CT molecular complexity index is 437. The van der Waals surface area contributed by atoms with Crippen LogP contribution in [0.25, 0.3) is 0 Å². The van der Waals surface area contributed by atoms with Crippen molar-refractivity contribution in [2.24, 2.45) is 11.5 Å². The summed E-state index contributed by atoms with van der Waals surface area (Å²) >= 11 is 3.43. The van der Waals surface area contributed by atoms with E-state index in [0.29, 0.717) is 18.6 Å². The topological polar surface area (TPSA) is 78.3 Å². The predicted octanol–water partition coefficient (Wildman–Crippen LogP) is 2.37. The molecule has 0 saturated heterocycles. The summed E-state index contributed by atoms with van der Waals surface area (Å²) in [6.07, 6.45) is 1.54. The van der Waals surface area contributed by atoms with E-state index in [2.05, 4.69) is 15.9 Å². The maximum absolute atomic E-state index is 11.3. The van der Waals surface area contributed by atoms with Gasteiger partial charge in [0.1, 0.15) is 5.75 Å². The minimum Gasteiger partial charge on any atom is -0.480 e. The van der Waals surface area contributed by atoms with Crippen LogP contribution in [0.4, 0.5) is 0 Å². The van der Waals surface area contributed by atoms with Crippen LogP contribution in [0.3, 0.4) is 0 Å². The molecule has 0 spiro atoms. The van der Waals surface area contributed by atoms with Crippen LogP contribution < -0.4 is 16.2 Å². The van der Waals surface area contributed by atoms with Crippen LogP contribution in [0.15, 0.2) is 22.7 Å². The van der Waals surface area contributed by atoms with Crippen molar-refractivity contribution in [1.29, 1.82) is 0 Å². The van der Waals surface area contributed by atoms with E-state index in [1.165, 1.54) is 0 Å². The molecule has 0 saturated carbocycles. The van der Waals surface area contributed by atoms with Crippen molar-refractivity contribution in [2.45, 2.75) is 45.3 Å². The second-order valence-corrected chi connectivity index (χ2v) is 5.46. The maximum atomic E-state index is 11.3. The van der Waals surface area contributed by atoms with Crippen LogP contribution in [-0.4, -0.2) is 18.1 Å². The highest BCUT2D eigenvalue weighted by atomic mass is 79.9. The average molecular weight is 329 g/mol. The molecule has 1 rings (SSSR count). The number of halogens is 1. The molecule has 4 N–H and O–H groups in total. The number of amides is 1. The molecule has 0 radical (unpaired) electrons. The first-order valence-corrected chi connectivity index (χ1v) is 7.27. The summed E-state index contributed by atoms with van der Waals surface area (Å²) in [6.45, 7) is 3.91. The molecule has 2 atom stereocenters. The first kappa shape index (κ1) is 16.0. The van der Waals surface area contributed by atoms with Gasteiger partial charge in [0.15, 0.2) is 6.10 Å². The van der Waals surface area contributed by atoms with E-state index in [4.69, 9.17) is 16.2 Å². The lowest BCUT2D eigenvalue weighted by molar-refractivity contribution is -0.124. The van der Waals surface area contributed by atoms with Gasteiger partial charge in [-0.3, -0.25) is 4.79 Å². The molecule has 2 unspecified atom stereocenters. The van der Waals surface area contributed by atoms with Crippen molar-refractivity contribution in [1.82, 2.24) is 0 Å². The molecule has 106 valence electrons. The first-order chi connectivity index (χ1) is 8.97. The molecule has 0 heterocycles. The summed E-state index contributed by atoms with van der Waals surface area (Å²) in [5.41, 5.74) is 12.3. The van der Waals surface area contributed by atoms with Gasteiger partial charge in [-0.05, 0) is 43.0 Å². The van der Waals surface area contributed by atoms with Gasteiger partial charge < -0.3 is 16.2 Å². The Labute approximate surface area is 122 Å². The van der Waals surface area contributed by atoms with Crippen LogP contribution >= 0.6 is 15.9 Å². The SMILES string of the molecule is CCC(N)Cc1cc(Br)ccc1OC(CC)C(N)=O. The van der Waals surface area contributed by atoms with Gasteiger partial charge in [-0.15, -0.1) is 0 Å². The second kappa shape index (κ2) is 7.50. The minimum atomic E-state index is -0.599. The Balaban J connectivity index is 2.95. The van der Waals surface area contributed by atoms with Crippen LogP contribution in [-0.2, 0) is 11.2 Å². The Kier molecular flexibility index (Phi) is 6.31. The number of ether oxygens (including phenoxy) is 1. The number of carbonyl (C=O) groups is 1. The molecule has 0 bridgehead atoms. The Morgan fingerprint density at radius 1 is 1.37 bits per heavy atom. The lowest BCUT2D eigenvalue weighted by Gasteiger charge is -2.19. The van der Waals surface area contributed by atoms with E-state index in [1.54, 1.807) is 0 Å². The first-order valence-electron chi connectivity index (χ1n) is 6.47. The number of nitrogens with two attached hydrogens (primary N) is 2. The number of primary amides is 1. The van der Waals surface area contributed by atoms with Crippen LogP contribution in [0.1, 0.15) is 32.3 Å². The third-order valence-corrected chi connectivity index (χ3v) is 3.48. The Morgan fingerprint density at radius 2 is 2.05 bits per heavy atom. The number of benzene rings is 1. The largest absolute Gasteiger partial charge is 0.480 e. The van der Waals surface area contributed by atoms with E-state index in [-0.39, 0.29) is 6.04 Å². The van der Waals surface area contributed by atoms with Gasteiger partial charge in [-0.25, -0.2) is 0 Å². The third kappa shape index (κ3) is 4.84. The van der Waals surface area contributed by atoms with Gasteiger partial charge >= 0.3 is 0 Å². The van der Waals surface area contributed by atoms with Crippen LogP contribution in [0.5, 0.6) is 5.75 Å². The van der Waals surface area contributed by atoms with Gasteiger partial charge in [0.2, 0.25) is 0 Å². The number of hydrogen-bond donors (Lipinski definition) is 2. The van der Waals surface area contributed by atoms with Crippen molar-refractivity contribution < 1.29 is 9.53 Å². The molecule has 0 fully saturated rings. The quantitative estimate of drug-likeness (QED) is 0.806. The zero-order valence-electron chi connectivity index (χ0n) is 11.4. The lowest BCUT2D eigenvalue weighted by atomic mass is 10.0. The van der Waals surface area contributed by atoms with Gasteiger partial charge in [-0.1, -0.05) is 29.8 Å². The van der Waals surface area contributed by atoms with E-state index in [1.807, 2.05) is 32.0 Å². The summed E-state index contributed by atoms with van der Waals surface area (Å²) in [5, 5.41) is 0. The van der Waals surface area contributed by atoms with Gasteiger partial charge in [-0.2, -0.15) is 0 Å². The fourth-order valence-corrected chi connectivity index (χ4v) is 2.15. The molecule has 1 aromatic rings. The fraction of sp³-hybridized carbons (Fsp3) is 0.500. The second-order valence-electron chi connectivity index (χ2n) is 4.54. The zero-order valence-corrected chi connectivity index (χ0v) is 12.9. The highest BCUT2D eigenvalue weighted by Crippen LogP contribution is 2.26. The molecular weight excluding hydrogens is 308 g/mol. The lowest BCUT2D eigenvalue weighted by Crippen LogP contribution is -2.33. The van der Waals surface area contributed by atoms with Crippen LogP contribution in [0, 0.1) is 0 Å². The van der Waals surface area contributed by atoms with Crippen LogP contribution in [0.2, 0.25) is 0 Å². The van der Waals surface area contributed by atoms with Crippen molar-refractivity contribution in [3.05, 3.63) is 28.2 Å². The third-order valence-electron chi connectivity index (χ3n) is 2.99. The van der Waals surface area contributed by atoms with Gasteiger partial charge in [0, 0.05) is 10.5 Å². The highest BCUT2D eigenvalue weighted by molar-refractivity contribution is 9.10. The Hall–Kier alpha value is -1.07. The average Bonchev–Trinajstić information content (AvgIpc) is 2.37. The summed E-state index contributed by atoms with van der Waals surface area (Å²) in [5.74, 6) is 0.230. The number of hydrogen-bond acceptors (Lipinski definition) is 3. The molecule has 4 nitrogen and oxygen atoms in total. The van der Waals surface area contributed by atoms with Gasteiger partial charge in [0.25, 0.3) is 5.91 Å². The van der Waals surface area contributed by atoms with Crippen molar-refractivity contribution in [2.75, 3.05) is 0 Å². The summed E-state index contributed by atoms with van der Waals surface area (Å²) in [4.78, 5) is 11.3. The summed E-state index contributed by atoms with van der Waals surface area (Å²) < 4.78 is 6.67. The molecule has 0 aliphatic heterocycles. The standard InChI is InChI=1S/C14H21BrN2O2/c1-3-11(16)8-9-7-10(15)5-6-13(9)19-12(4-2)14(17)18/h5-7,11-12H,3-4,8,16H2,1-2H3,(H2,17,18).